The number of hydrogen-bond donors (Lipinski definition) is 0. The van der Waals surface area contributed by atoms with Crippen molar-refractivity contribution in [1.82, 2.24) is 0 Å². The summed E-state index contributed by atoms with van der Waals surface area (Å²) in [4.78, 5) is 2.54. The second-order valence-electron chi connectivity index (χ2n) is 20.5. The fourth-order valence-electron chi connectivity index (χ4n) is 11.0. The zero-order valence-corrected chi connectivity index (χ0v) is 85.3. The molecule has 10 rings (SSSR count). The standard InChI is InChI=1S/C48H37NS.H38P36/c1-47(2)36-18-8-5-14-33(36)45-38(47)20-12-22-40(45)49(41-23-13-21-39-46(41)34-15-6-9-19-37(34)48(39,3)4)31-28-26-30(27-29-31)32-17-11-25-43-44(32)35-16-7-10-24-42(35)50-43;1-20(2)29(19)34(30(21(3)4)22(5)6)36(33(27(15)16)28(17)18)35(31(23(7)8)24(9)10)32(25(11)12)26(13)14/h5-29H,1-4H3;1-19H2. The van der Waals surface area contributed by atoms with Gasteiger partial charge in [-0.15, -0.1) is 181 Å². The van der Waals surface area contributed by atoms with Gasteiger partial charge in [0.1, 0.15) is 0 Å². The first kappa shape index (κ1) is 80.1. The average Bonchev–Trinajstić information content (AvgIpc) is 1.55. The molecule has 0 N–H and O–H groups in total. The summed E-state index contributed by atoms with van der Waals surface area (Å²) in [6.45, 7) is 8.38. The Labute approximate surface area is 581 Å². The summed E-state index contributed by atoms with van der Waals surface area (Å²) < 4.78 is 2.66. The van der Waals surface area contributed by atoms with E-state index in [0.717, 1.165) is 5.69 Å². The number of benzene rings is 7. The van der Waals surface area contributed by atoms with E-state index < -0.39 is 0 Å². The Morgan fingerprint density at radius 1 is 0.314 bits per heavy atom. The van der Waals surface area contributed by atoms with Crippen LogP contribution in [0, 0.1) is 0 Å². The molecule has 22 unspecified atom stereocenters. The van der Waals surface area contributed by atoms with Crippen LogP contribution in [-0.2, 0) is 10.8 Å². The molecule has 8 aromatic rings. The molecule has 0 amide bonds. The van der Waals surface area contributed by atoms with E-state index in [-0.39, 0.29) is 130 Å². The minimum atomic E-state index is -0.108. The van der Waals surface area contributed by atoms with E-state index in [1.807, 2.05) is 11.3 Å². The van der Waals surface area contributed by atoms with Crippen molar-refractivity contribution in [1.29, 1.82) is 0 Å². The maximum absolute atomic E-state index is 3.53. The Hall–Kier alpha value is 10.0. The van der Waals surface area contributed by atoms with E-state index in [9.17, 15) is 0 Å². The van der Waals surface area contributed by atoms with Gasteiger partial charge in [-0.25, -0.2) is 0 Å². The molecule has 22 atom stereocenters. The molecule has 0 saturated carbocycles. The average molecular weight is 1810 g/mol. The predicted octanol–water partition coefficient (Wildman–Crippen LogP) is 34.6. The number of hydrogen-bond acceptors (Lipinski definition) is 2. The molecule has 0 aliphatic heterocycles. The van der Waals surface area contributed by atoms with Crippen LogP contribution in [0.3, 0.4) is 0 Å². The van der Waals surface area contributed by atoms with Gasteiger partial charge in [-0.1, -0.05) is 143 Å². The van der Waals surface area contributed by atoms with E-state index in [0.29, 0.717) is 0 Å². The van der Waals surface area contributed by atoms with Crippen molar-refractivity contribution in [3.8, 4) is 33.4 Å². The highest BCUT2D eigenvalue weighted by Crippen LogP contribution is 3.41. The fraction of sp³-hybridized carbons (Fsp3) is 0.125. The van der Waals surface area contributed by atoms with Crippen LogP contribution in [0.5, 0.6) is 0 Å². The molecule has 0 fully saturated rings. The van der Waals surface area contributed by atoms with Crippen molar-refractivity contribution in [2.75, 3.05) is 4.90 Å². The van der Waals surface area contributed by atoms with Gasteiger partial charge in [0, 0.05) is 47.8 Å². The molecule has 7 aromatic carbocycles. The normalized spacial score (nSPS) is 15.5. The Bertz CT molecular complexity index is 3500. The lowest BCUT2D eigenvalue weighted by Crippen LogP contribution is -2.17. The Morgan fingerprint density at radius 2 is 0.663 bits per heavy atom. The summed E-state index contributed by atoms with van der Waals surface area (Å²) in [5, 5.41) is 2.67. The molecule has 0 saturated heterocycles. The lowest BCUT2D eigenvalue weighted by atomic mass is 9.82. The molecule has 2 aliphatic carbocycles. The molecule has 0 bridgehead atoms. The van der Waals surface area contributed by atoms with Gasteiger partial charge in [-0.3, -0.25) is 0 Å². The summed E-state index contributed by atoms with van der Waals surface area (Å²) in [5.74, 6) is 0. The smallest absolute Gasteiger partial charge is 0.0543 e. The van der Waals surface area contributed by atoms with E-state index >= 15 is 0 Å². The van der Waals surface area contributed by atoms with Crippen molar-refractivity contribution in [3.05, 3.63) is 174 Å². The summed E-state index contributed by atoms with van der Waals surface area (Å²) in [6.07, 6.45) is 0. The third-order valence-corrected chi connectivity index (χ3v) is 258. The first-order chi connectivity index (χ1) is 40.6. The summed E-state index contributed by atoms with van der Waals surface area (Å²) in [6, 6.07) is 56.7. The summed E-state index contributed by atoms with van der Waals surface area (Å²) >= 11 is 1.88. The third kappa shape index (κ3) is 17.6. The highest BCUT2D eigenvalue weighted by molar-refractivity contribution is 9.47. The van der Waals surface area contributed by atoms with Gasteiger partial charge in [0.2, 0.25) is 0 Å². The minimum Gasteiger partial charge on any atom is -0.309 e. The van der Waals surface area contributed by atoms with Gasteiger partial charge in [-0.05, 0) is 200 Å². The van der Waals surface area contributed by atoms with Crippen molar-refractivity contribution in [2.45, 2.75) is 38.5 Å². The van der Waals surface area contributed by atoms with Crippen molar-refractivity contribution >= 4 is 337 Å². The van der Waals surface area contributed by atoms with Crippen LogP contribution in [-0.4, -0.2) is 0 Å². The van der Waals surface area contributed by atoms with Crippen LogP contribution in [0.1, 0.15) is 49.9 Å². The van der Waals surface area contributed by atoms with E-state index in [2.05, 4.69) is 354 Å². The van der Waals surface area contributed by atoms with Gasteiger partial charge >= 0.3 is 0 Å². The topological polar surface area (TPSA) is 3.24 Å². The van der Waals surface area contributed by atoms with Crippen LogP contribution in [0.15, 0.2) is 152 Å². The SMILES string of the molecule is CC1(C)c2ccccc2-c2c(N(c3ccc(-c4cccc5sc6ccccc6c45)cc3)c3cccc4c3-c3ccccc3C4(C)C)cccc21.PP(P)P(P)P(P(P(P)P)P(P)P)P(P(P(P)P)P(P)P)P(P(P(P)P)P(P)P)P(P(P)P)P(P)P. The first-order valence-corrected chi connectivity index (χ1v) is 91.4. The van der Waals surface area contributed by atoms with Crippen molar-refractivity contribution < 1.29 is 0 Å². The molecule has 1 heterocycles. The van der Waals surface area contributed by atoms with Crippen LogP contribution < -0.4 is 4.90 Å². The van der Waals surface area contributed by atoms with Crippen LogP contribution in [0.25, 0.3) is 53.6 Å². The molecule has 0 radical (unpaired) electrons. The molecule has 86 heavy (non-hydrogen) atoms. The van der Waals surface area contributed by atoms with E-state index in [1.54, 1.807) is 0 Å². The number of rotatable bonds is 20. The van der Waals surface area contributed by atoms with Gasteiger partial charge in [0.05, 0.1) is 11.4 Å². The molecular formula is C48H75NP36S. The fourth-order valence-corrected chi connectivity index (χ4v) is 490. The highest BCUT2D eigenvalue weighted by atomic mass is 33.5. The molecule has 1 nitrogen and oxygen atoms in total. The Morgan fingerprint density at radius 3 is 1.09 bits per heavy atom. The lowest BCUT2D eigenvalue weighted by Gasteiger charge is -2.54. The molecule has 2 aliphatic rings. The molecular weight excluding hydrogens is 1740 g/mol. The predicted molar refractivity (Wildman–Crippen MR) is 517 cm³/mol. The van der Waals surface area contributed by atoms with Crippen LogP contribution in [0.2, 0.25) is 0 Å². The zero-order valence-electron chi connectivity index (χ0n) is 47.4. The maximum atomic E-state index is 3.53. The minimum absolute atomic E-state index is 0.0106. The summed E-state index contributed by atoms with van der Waals surface area (Å²) in [7, 11) is 63.7. The highest BCUT2D eigenvalue weighted by Gasteiger charge is 2.54. The van der Waals surface area contributed by atoms with E-state index in [4.69, 9.17) is 0 Å². The molecule has 458 valence electrons. The molecule has 0 spiro atoms. The maximum Gasteiger partial charge on any atom is 0.0543 e. The van der Waals surface area contributed by atoms with E-state index in [1.165, 1.54) is 87.2 Å². The van der Waals surface area contributed by atoms with Gasteiger partial charge in [0.25, 0.3) is 0 Å². The van der Waals surface area contributed by atoms with Crippen LogP contribution in [0.4, 0.5) is 17.1 Å². The number of fused-ring (bicyclic) bond motifs is 9. The number of anilines is 3. The van der Waals surface area contributed by atoms with Crippen molar-refractivity contribution in [3.63, 3.8) is 0 Å². The lowest BCUT2D eigenvalue weighted by molar-refractivity contribution is 0.660. The van der Waals surface area contributed by atoms with Crippen molar-refractivity contribution in [2.24, 2.45) is 0 Å². The Balaban J connectivity index is 0.000000220. The largest absolute Gasteiger partial charge is 0.309 e. The quantitative estimate of drug-likeness (QED) is 0.0688. The molecule has 38 heteroatoms. The summed E-state index contributed by atoms with van der Waals surface area (Å²) in [5.41, 5.74) is 16.8. The number of nitrogens with zero attached hydrogens (tertiary/aromatic N) is 1. The van der Waals surface area contributed by atoms with Gasteiger partial charge < -0.3 is 4.90 Å². The van der Waals surface area contributed by atoms with Crippen LogP contribution >= 0.6 is 300 Å². The third-order valence-electron chi connectivity index (χ3n) is 14.5. The zero-order chi connectivity index (χ0) is 62.6. The number of thiophene rings is 1. The van der Waals surface area contributed by atoms with Gasteiger partial charge in [0.15, 0.2) is 0 Å². The van der Waals surface area contributed by atoms with Gasteiger partial charge in [-0.2, -0.15) is 0 Å². The first-order valence-electron chi connectivity index (χ1n) is 25.7. The molecule has 1 aromatic heterocycles. The second-order valence-corrected chi connectivity index (χ2v) is 168. The Kier molecular flexibility index (Phi) is 33.4. The monoisotopic (exact) mass is 1810 g/mol. The second kappa shape index (κ2) is 35.9.